The van der Waals surface area contributed by atoms with E-state index in [2.05, 4.69) is 206 Å². The van der Waals surface area contributed by atoms with E-state index in [1.54, 1.807) is 0 Å². The van der Waals surface area contributed by atoms with Crippen molar-refractivity contribution in [1.29, 1.82) is 0 Å². The lowest BCUT2D eigenvalue weighted by Gasteiger charge is -2.33. The van der Waals surface area contributed by atoms with Gasteiger partial charge in [-0.3, -0.25) is 0 Å². The molecule has 0 heteroatoms. The fourth-order valence-electron chi connectivity index (χ4n) is 8.71. The molecule has 0 saturated carbocycles. The van der Waals surface area contributed by atoms with Crippen LogP contribution in [0, 0.1) is 0 Å². The van der Waals surface area contributed by atoms with Crippen LogP contribution in [0.2, 0.25) is 0 Å². The lowest BCUT2D eigenvalue weighted by Crippen LogP contribution is -2.27. The Hall–Kier alpha value is -6.24. The molecule has 0 amide bonds. The second kappa shape index (κ2) is 14.4. The monoisotopic (exact) mass is 678 g/mol. The molecular formula is C53H42. The Balaban J connectivity index is 1.25. The highest BCUT2D eigenvalue weighted by molar-refractivity contribution is 5.91. The van der Waals surface area contributed by atoms with Crippen LogP contribution >= 0.6 is 0 Å². The van der Waals surface area contributed by atoms with E-state index < -0.39 is 0 Å². The van der Waals surface area contributed by atoms with Crippen molar-refractivity contribution < 1.29 is 0 Å². The van der Waals surface area contributed by atoms with E-state index >= 15 is 0 Å². The van der Waals surface area contributed by atoms with Crippen molar-refractivity contribution in [3.63, 3.8) is 0 Å². The molecule has 0 aliphatic heterocycles. The van der Waals surface area contributed by atoms with Crippen molar-refractivity contribution in [3.05, 3.63) is 229 Å². The summed E-state index contributed by atoms with van der Waals surface area (Å²) in [5.74, 6) is 0. The van der Waals surface area contributed by atoms with Crippen molar-refractivity contribution in [2.24, 2.45) is 0 Å². The number of aryl methyl sites for hydroxylation is 2. The highest BCUT2D eigenvalue weighted by atomic mass is 14.5. The number of rotatable bonds is 10. The molecule has 0 spiro atoms. The summed E-state index contributed by atoms with van der Waals surface area (Å²) in [6.07, 6.45) is 4.06. The zero-order valence-corrected chi connectivity index (χ0v) is 30.0. The number of hydrogen-bond donors (Lipinski definition) is 0. The summed E-state index contributed by atoms with van der Waals surface area (Å²) in [7, 11) is 0. The summed E-state index contributed by atoms with van der Waals surface area (Å²) < 4.78 is 0. The summed E-state index contributed by atoms with van der Waals surface area (Å²) in [4.78, 5) is 0. The average molecular weight is 679 g/mol. The molecule has 0 aromatic heterocycles. The quantitative estimate of drug-likeness (QED) is 0.135. The van der Waals surface area contributed by atoms with Gasteiger partial charge in [-0.2, -0.15) is 0 Å². The zero-order chi connectivity index (χ0) is 35.5. The molecule has 0 N–H and O–H groups in total. The minimum Gasteiger partial charge on any atom is -0.0622 e. The lowest BCUT2D eigenvalue weighted by atomic mass is 9.69. The Kier molecular flexibility index (Phi) is 8.88. The van der Waals surface area contributed by atoms with E-state index in [0.717, 1.165) is 25.7 Å². The molecule has 1 aliphatic carbocycles. The predicted molar refractivity (Wildman–Crippen MR) is 224 cm³/mol. The standard InChI is InChI=1S/C53H42/c1-5-17-39(18-6-1)33-35-53(36-34-40-19-7-2-8-20-40)51-37-43(47-27-15-13-25-45(47)41-21-9-3-10-22-41)29-31-49(51)50-32-30-44(38-52(50)53)48-28-16-14-26-46(48)42-23-11-4-12-24-42/h1-32,37-38H,33-36H2. The largest absolute Gasteiger partial charge is 0.0622 e. The van der Waals surface area contributed by atoms with Gasteiger partial charge in [-0.1, -0.05) is 194 Å². The highest BCUT2D eigenvalue weighted by Gasteiger charge is 2.43. The van der Waals surface area contributed by atoms with E-state index in [1.165, 1.54) is 77.9 Å². The van der Waals surface area contributed by atoms with Crippen LogP contribution in [0.25, 0.3) is 55.6 Å². The predicted octanol–water partition coefficient (Wildman–Crippen LogP) is 13.9. The fraction of sp³-hybridized carbons (Fsp3) is 0.0943. The molecule has 0 saturated heterocycles. The third kappa shape index (κ3) is 6.32. The minimum atomic E-state index is -0.189. The van der Waals surface area contributed by atoms with Crippen molar-refractivity contribution in [1.82, 2.24) is 0 Å². The van der Waals surface area contributed by atoms with E-state index in [9.17, 15) is 0 Å². The van der Waals surface area contributed by atoms with Crippen LogP contribution in [0.3, 0.4) is 0 Å². The molecule has 0 radical (unpaired) electrons. The topological polar surface area (TPSA) is 0 Å². The summed E-state index contributed by atoms with van der Waals surface area (Å²) in [5, 5.41) is 0. The van der Waals surface area contributed by atoms with Gasteiger partial charge in [-0.25, -0.2) is 0 Å². The minimum absolute atomic E-state index is 0.189. The van der Waals surface area contributed by atoms with Gasteiger partial charge >= 0.3 is 0 Å². The summed E-state index contributed by atoms with van der Waals surface area (Å²) in [5.41, 5.74) is 18.3. The van der Waals surface area contributed by atoms with Crippen LogP contribution in [-0.4, -0.2) is 0 Å². The third-order valence-corrected chi connectivity index (χ3v) is 11.4. The van der Waals surface area contributed by atoms with E-state index in [-0.39, 0.29) is 5.41 Å². The van der Waals surface area contributed by atoms with Gasteiger partial charge in [0.15, 0.2) is 0 Å². The normalized spacial score (nSPS) is 12.6. The second-order valence-corrected chi connectivity index (χ2v) is 14.4. The van der Waals surface area contributed by atoms with Gasteiger partial charge in [0.1, 0.15) is 0 Å². The molecule has 0 atom stereocenters. The Morgan fingerprint density at radius 2 is 0.585 bits per heavy atom. The van der Waals surface area contributed by atoms with Gasteiger partial charge in [-0.05, 0) is 116 Å². The first-order chi connectivity index (χ1) is 26.3. The van der Waals surface area contributed by atoms with E-state index in [4.69, 9.17) is 0 Å². The number of hydrogen-bond acceptors (Lipinski definition) is 0. The van der Waals surface area contributed by atoms with Gasteiger partial charge in [0.2, 0.25) is 0 Å². The third-order valence-electron chi connectivity index (χ3n) is 11.4. The van der Waals surface area contributed by atoms with Gasteiger partial charge in [-0.15, -0.1) is 0 Å². The molecule has 9 rings (SSSR count). The molecule has 8 aromatic rings. The Morgan fingerprint density at radius 3 is 0.962 bits per heavy atom. The van der Waals surface area contributed by atoms with Crippen molar-refractivity contribution in [2.45, 2.75) is 31.1 Å². The maximum atomic E-state index is 2.55. The number of benzene rings is 8. The van der Waals surface area contributed by atoms with Crippen molar-refractivity contribution >= 4 is 0 Å². The van der Waals surface area contributed by atoms with Crippen molar-refractivity contribution in [2.75, 3.05) is 0 Å². The maximum Gasteiger partial charge on any atom is 0.0222 e. The summed E-state index contributed by atoms with van der Waals surface area (Å²) in [6.45, 7) is 0. The SMILES string of the molecule is c1ccc(CCC2(CCc3ccccc3)c3cc(-c4ccccc4-c4ccccc4)ccc3-c3ccc(-c4ccccc4-c4ccccc4)cc32)cc1. The first-order valence-electron chi connectivity index (χ1n) is 18.9. The van der Waals surface area contributed by atoms with E-state index in [0.29, 0.717) is 0 Å². The maximum absolute atomic E-state index is 2.55. The number of fused-ring (bicyclic) bond motifs is 3. The van der Waals surface area contributed by atoms with Crippen LogP contribution in [0.15, 0.2) is 206 Å². The highest BCUT2D eigenvalue weighted by Crippen LogP contribution is 2.56. The molecular weight excluding hydrogens is 637 g/mol. The van der Waals surface area contributed by atoms with Crippen LogP contribution in [0.4, 0.5) is 0 Å². The van der Waals surface area contributed by atoms with Crippen molar-refractivity contribution in [3.8, 4) is 55.6 Å². The Morgan fingerprint density at radius 1 is 0.264 bits per heavy atom. The molecule has 254 valence electrons. The van der Waals surface area contributed by atoms with Crippen LogP contribution in [-0.2, 0) is 18.3 Å². The molecule has 0 bridgehead atoms. The van der Waals surface area contributed by atoms with E-state index in [1.807, 2.05) is 0 Å². The second-order valence-electron chi connectivity index (χ2n) is 14.4. The van der Waals surface area contributed by atoms with Crippen LogP contribution in [0.1, 0.15) is 35.1 Å². The first kappa shape index (κ1) is 32.7. The fourth-order valence-corrected chi connectivity index (χ4v) is 8.71. The van der Waals surface area contributed by atoms with Gasteiger partial charge < -0.3 is 0 Å². The average Bonchev–Trinajstić information content (AvgIpc) is 3.51. The Bertz CT molecular complexity index is 2300. The first-order valence-corrected chi connectivity index (χ1v) is 18.9. The summed E-state index contributed by atoms with van der Waals surface area (Å²) in [6, 6.07) is 76.2. The Labute approximate surface area is 314 Å². The summed E-state index contributed by atoms with van der Waals surface area (Å²) >= 11 is 0. The smallest absolute Gasteiger partial charge is 0.0222 e. The molecule has 1 aliphatic rings. The van der Waals surface area contributed by atoms with Gasteiger partial charge in [0, 0.05) is 5.41 Å². The molecule has 0 nitrogen and oxygen atoms in total. The molecule has 0 unspecified atom stereocenters. The lowest BCUT2D eigenvalue weighted by molar-refractivity contribution is 0.446. The molecule has 0 fully saturated rings. The molecule has 0 heterocycles. The van der Waals surface area contributed by atoms with Crippen LogP contribution < -0.4 is 0 Å². The molecule has 8 aromatic carbocycles. The molecule has 53 heavy (non-hydrogen) atoms. The zero-order valence-electron chi connectivity index (χ0n) is 30.0. The van der Waals surface area contributed by atoms with Gasteiger partial charge in [0.05, 0.1) is 0 Å². The van der Waals surface area contributed by atoms with Crippen LogP contribution in [0.5, 0.6) is 0 Å². The van der Waals surface area contributed by atoms with Gasteiger partial charge in [0.25, 0.3) is 0 Å².